The van der Waals surface area contributed by atoms with Crippen molar-refractivity contribution in [2.45, 2.75) is 24.6 Å². The minimum atomic E-state index is -0.298. The van der Waals surface area contributed by atoms with Crippen LogP contribution in [0.25, 0.3) is 26.9 Å². The standard InChI is InChI=1S/C20H16FN7S2/c1-10-11(2)30-20-16(10)17(22)26-15(27-20)8-29-19-14-7-25-28(18(14)23-9-24-19)13-5-3-12(21)4-6-13/h3-7,9H,8H2,1-2H3,(H2,22,26,27). The summed E-state index contributed by atoms with van der Waals surface area (Å²) in [6.07, 6.45) is 3.21. The Morgan fingerprint density at radius 1 is 1.13 bits per heavy atom. The van der Waals surface area contributed by atoms with Gasteiger partial charge in [0, 0.05) is 4.88 Å². The number of nitrogen functional groups attached to an aromatic ring is 1. The molecule has 0 atom stereocenters. The zero-order valence-corrected chi connectivity index (χ0v) is 17.8. The Labute approximate surface area is 179 Å². The van der Waals surface area contributed by atoms with Crippen LogP contribution in [0.4, 0.5) is 10.2 Å². The fourth-order valence-electron chi connectivity index (χ4n) is 3.23. The minimum absolute atomic E-state index is 0.298. The van der Waals surface area contributed by atoms with Crippen molar-refractivity contribution in [3.63, 3.8) is 0 Å². The third kappa shape index (κ3) is 3.17. The lowest BCUT2D eigenvalue weighted by molar-refractivity contribution is 0.627. The maximum atomic E-state index is 13.2. The summed E-state index contributed by atoms with van der Waals surface area (Å²) in [5.41, 5.74) is 8.71. The van der Waals surface area contributed by atoms with Crippen LogP contribution in [0.2, 0.25) is 0 Å². The first kappa shape index (κ1) is 18.9. The number of rotatable bonds is 4. The highest BCUT2D eigenvalue weighted by Gasteiger charge is 2.15. The van der Waals surface area contributed by atoms with Gasteiger partial charge in [0.05, 0.1) is 28.4 Å². The molecule has 0 aliphatic heterocycles. The number of halogens is 1. The number of aromatic nitrogens is 6. The normalized spacial score (nSPS) is 11.6. The molecule has 0 unspecified atom stereocenters. The summed E-state index contributed by atoms with van der Waals surface area (Å²) in [5, 5.41) is 6.93. The molecule has 30 heavy (non-hydrogen) atoms. The van der Waals surface area contributed by atoms with Gasteiger partial charge < -0.3 is 5.73 Å². The molecule has 0 radical (unpaired) electrons. The van der Waals surface area contributed by atoms with E-state index in [0.717, 1.165) is 31.9 Å². The van der Waals surface area contributed by atoms with Gasteiger partial charge >= 0.3 is 0 Å². The van der Waals surface area contributed by atoms with Gasteiger partial charge in [-0.15, -0.1) is 11.3 Å². The van der Waals surface area contributed by atoms with Gasteiger partial charge in [-0.25, -0.2) is 29.0 Å². The Morgan fingerprint density at radius 3 is 2.73 bits per heavy atom. The Morgan fingerprint density at radius 2 is 1.93 bits per heavy atom. The van der Waals surface area contributed by atoms with Gasteiger partial charge in [-0.05, 0) is 43.7 Å². The van der Waals surface area contributed by atoms with E-state index < -0.39 is 0 Å². The molecule has 150 valence electrons. The summed E-state index contributed by atoms with van der Waals surface area (Å²) >= 11 is 3.13. The van der Waals surface area contributed by atoms with Gasteiger partial charge in [0.1, 0.15) is 33.6 Å². The highest BCUT2D eigenvalue weighted by Crippen LogP contribution is 2.33. The Bertz CT molecular complexity index is 1390. The minimum Gasteiger partial charge on any atom is -0.383 e. The van der Waals surface area contributed by atoms with Crippen LogP contribution in [0.3, 0.4) is 0 Å². The number of nitrogens with two attached hydrogens (primary N) is 1. The molecule has 5 rings (SSSR count). The van der Waals surface area contributed by atoms with Gasteiger partial charge in [0.15, 0.2) is 5.65 Å². The summed E-state index contributed by atoms with van der Waals surface area (Å²) in [6, 6.07) is 6.11. The van der Waals surface area contributed by atoms with E-state index in [1.807, 2.05) is 6.92 Å². The number of hydrogen-bond donors (Lipinski definition) is 1. The first-order valence-corrected chi connectivity index (χ1v) is 10.9. The molecule has 2 N–H and O–H groups in total. The van der Waals surface area contributed by atoms with E-state index in [4.69, 9.17) is 5.73 Å². The Balaban J connectivity index is 1.46. The van der Waals surface area contributed by atoms with E-state index in [1.54, 1.807) is 34.3 Å². The molecule has 0 spiro atoms. The van der Waals surface area contributed by atoms with Crippen LogP contribution in [0.5, 0.6) is 0 Å². The van der Waals surface area contributed by atoms with E-state index in [0.29, 0.717) is 23.0 Å². The molecule has 0 aliphatic rings. The summed E-state index contributed by atoms with van der Waals surface area (Å²) in [6.45, 7) is 4.10. The quantitative estimate of drug-likeness (QED) is 0.328. The van der Waals surface area contributed by atoms with E-state index >= 15 is 0 Å². The number of fused-ring (bicyclic) bond motifs is 2. The maximum Gasteiger partial charge on any atom is 0.167 e. The van der Waals surface area contributed by atoms with Crippen molar-refractivity contribution in [2.24, 2.45) is 0 Å². The number of aryl methyl sites for hydroxylation is 2. The fourth-order valence-corrected chi connectivity index (χ4v) is 5.10. The van der Waals surface area contributed by atoms with E-state index in [-0.39, 0.29) is 5.82 Å². The van der Waals surface area contributed by atoms with Gasteiger partial charge in [-0.3, -0.25) is 0 Å². The van der Waals surface area contributed by atoms with Gasteiger partial charge in [0.25, 0.3) is 0 Å². The lowest BCUT2D eigenvalue weighted by atomic mass is 10.2. The molecule has 0 amide bonds. The van der Waals surface area contributed by atoms with Crippen molar-refractivity contribution in [3.8, 4) is 5.69 Å². The number of thioether (sulfide) groups is 1. The number of benzene rings is 1. The number of anilines is 1. The highest BCUT2D eigenvalue weighted by molar-refractivity contribution is 7.98. The number of hydrogen-bond acceptors (Lipinski definition) is 8. The molecule has 0 saturated heterocycles. The third-order valence-corrected chi connectivity index (χ3v) is 6.94. The molecule has 4 aromatic heterocycles. The molecule has 0 fully saturated rings. The van der Waals surface area contributed by atoms with E-state index in [9.17, 15) is 4.39 Å². The Hall–Kier alpha value is -3.11. The third-order valence-electron chi connectivity index (χ3n) is 4.84. The lowest BCUT2D eigenvalue weighted by Crippen LogP contribution is -2.00. The van der Waals surface area contributed by atoms with Crippen LogP contribution in [-0.2, 0) is 5.75 Å². The van der Waals surface area contributed by atoms with Crippen LogP contribution >= 0.6 is 23.1 Å². The largest absolute Gasteiger partial charge is 0.383 e. The molecule has 5 aromatic rings. The fraction of sp³-hybridized carbons (Fsp3) is 0.150. The van der Waals surface area contributed by atoms with Crippen LogP contribution in [-0.4, -0.2) is 29.7 Å². The SMILES string of the molecule is Cc1sc2nc(CSc3ncnc4c3cnn4-c3ccc(F)cc3)nc(N)c2c1C. The van der Waals surface area contributed by atoms with Crippen molar-refractivity contribution in [1.29, 1.82) is 0 Å². The van der Waals surface area contributed by atoms with Crippen molar-refractivity contribution >= 4 is 50.2 Å². The first-order chi connectivity index (χ1) is 14.5. The average molecular weight is 438 g/mol. The zero-order chi connectivity index (χ0) is 20.8. The monoisotopic (exact) mass is 437 g/mol. The molecular weight excluding hydrogens is 421 g/mol. The van der Waals surface area contributed by atoms with Crippen molar-refractivity contribution < 1.29 is 4.39 Å². The Kier molecular flexibility index (Phi) is 4.59. The number of thiophene rings is 1. The van der Waals surface area contributed by atoms with Crippen LogP contribution in [0, 0.1) is 19.7 Å². The average Bonchev–Trinajstić information content (AvgIpc) is 3.28. The van der Waals surface area contributed by atoms with E-state index in [2.05, 4.69) is 32.0 Å². The molecule has 0 bridgehead atoms. The zero-order valence-electron chi connectivity index (χ0n) is 16.1. The molecule has 1 aromatic carbocycles. The molecule has 0 saturated carbocycles. The number of nitrogens with zero attached hydrogens (tertiary/aromatic N) is 6. The first-order valence-electron chi connectivity index (χ1n) is 9.11. The van der Waals surface area contributed by atoms with Gasteiger partial charge in [-0.1, -0.05) is 11.8 Å². The van der Waals surface area contributed by atoms with Crippen molar-refractivity contribution in [2.75, 3.05) is 5.73 Å². The highest BCUT2D eigenvalue weighted by atomic mass is 32.2. The second kappa shape index (κ2) is 7.29. The van der Waals surface area contributed by atoms with Gasteiger partial charge in [0.2, 0.25) is 0 Å². The molecule has 0 aliphatic carbocycles. The maximum absolute atomic E-state index is 13.2. The predicted molar refractivity (Wildman–Crippen MR) is 117 cm³/mol. The van der Waals surface area contributed by atoms with Gasteiger partial charge in [-0.2, -0.15) is 5.10 Å². The lowest BCUT2D eigenvalue weighted by Gasteiger charge is -2.05. The smallest absolute Gasteiger partial charge is 0.167 e. The van der Waals surface area contributed by atoms with E-state index in [1.165, 1.54) is 35.1 Å². The summed E-state index contributed by atoms with van der Waals surface area (Å²) < 4.78 is 14.9. The second-order valence-electron chi connectivity index (χ2n) is 6.73. The second-order valence-corrected chi connectivity index (χ2v) is 8.89. The van der Waals surface area contributed by atoms with Crippen LogP contribution < -0.4 is 5.73 Å². The van der Waals surface area contributed by atoms with Crippen molar-refractivity contribution in [3.05, 3.63) is 58.9 Å². The van der Waals surface area contributed by atoms with Crippen molar-refractivity contribution in [1.82, 2.24) is 29.7 Å². The van der Waals surface area contributed by atoms with Crippen LogP contribution in [0.15, 0.2) is 41.8 Å². The summed E-state index contributed by atoms with van der Waals surface area (Å²) in [4.78, 5) is 20.0. The summed E-state index contributed by atoms with van der Waals surface area (Å²) in [7, 11) is 0. The van der Waals surface area contributed by atoms with Crippen LogP contribution in [0.1, 0.15) is 16.3 Å². The molecule has 10 heteroatoms. The predicted octanol–water partition coefficient (Wildman–Crippen LogP) is 4.45. The molecule has 7 nitrogen and oxygen atoms in total. The molecule has 4 heterocycles. The molecular formula is C20H16FN7S2. The topological polar surface area (TPSA) is 95.4 Å². The summed E-state index contributed by atoms with van der Waals surface area (Å²) in [5.74, 6) is 1.39.